The van der Waals surface area contributed by atoms with Crippen molar-refractivity contribution in [1.29, 1.82) is 0 Å². The molecule has 1 amide bonds. The highest BCUT2D eigenvalue weighted by atomic mass is 79.9. The molecule has 0 N–H and O–H groups in total. The number of nitrogens with zero attached hydrogens (tertiary/aromatic N) is 2. The van der Waals surface area contributed by atoms with E-state index in [4.69, 9.17) is 9.15 Å². The Kier molecular flexibility index (Phi) is 3.38. The number of nitro benzene ring substituents is 1. The smallest absolute Gasteiger partial charge is 0.294 e. The number of halogens is 1. The molecule has 0 fully saturated rings. The van der Waals surface area contributed by atoms with Crippen molar-refractivity contribution in [3.05, 3.63) is 50.9 Å². The molecule has 0 saturated carbocycles. The molecule has 0 unspecified atom stereocenters. The minimum Gasteiger partial charge on any atom is -0.490 e. The first-order chi connectivity index (χ1) is 10.1. The molecule has 0 saturated heterocycles. The van der Waals surface area contributed by atoms with Crippen LogP contribution in [0.2, 0.25) is 0 Å². The third-order valence-corrected chi connectivity index (χ3v) is 3.47. The summed E-state index contributed by atoms with van der Waals surface area (Å²) in [6, 6.07) is 7.31. The molecule has 0 bridgehead atoms. The van der Waals surface area contributed by atoms with Crippen LogP contribution in [0.5, 0.6) is 5.75 Å². The second-order valence-corrected chi connectivity index (χ2v) is 5.10. The Balaban J connectivity index is 2.01. The molecule has 0 aliphatic carbocycles. The summed E-state index contributed by atoms with van der Waals surface area (Å²) >= 11 is 3.14. The Morgan fingerprint density at radius 1 is 1.33 bits per heavy atom. The van der Waals surface area contributed by atoms with Gasteiger partial charge in [-0.05, 0) is 34.1 Å². The van der Waals surface area contributed by atoms with E-state index in [0.717, 1.165) is 0 Å². The molecule has 8 heteroatoms. The first kappa shape index (κ1) is 13.6. The Morgan fingerprint density at radius 2 is 2.14 bits per heavy atom. The van der Waals surface area contributed by atoms with Gasteiger partial charge < -0.3 is 9.15 Å². The molecule has 0 spiro atoms. The van der Waals surface area contributed by atoms with Gasteiger partial charge in [-0.3, -0.25) is 19.8 Å². The number of anilines is 1. The highest BCUT2D eigenvalue weighted by Crippen LogP contribution is 2.35. The van der Waals surface area contributed by atoms with E-state index in [-0.39, 0.29) is 17.4 Å². The van der Waals surface area contributed by atoms with Gasteiger partial charge in [0.15, 0.2) is 10.4 Å². The molecule has 1 aliphatic heterocycles. The van der Waals surface area contributed by atoms with E-state index >= 15 is 0 Å². The van der Waals surface area contributed by atoms with E-state index in [2.05, 4.69) is 15.9 Å². The van der Waals surface area contributed by atoms with E-state index in [9.17, 15) is 14.9 Å². The number of benzene rings is 1. The molecule has 7 nitrogen and oxygen atoms in total. The van der Waals surface area contributed by atoms with Crippen LogP contribution in [-0.4, -0.2) is 24.0 Å². The Hall–Kier alpha value is -2.35. The van der Waals surface area contributed by atoms with Crippen LogP contribution in [0.15, 0.2) is 39.4 Å². The number of non-ortho nitro benzene ring substituents is 1. The van der Waals surface area contributed by atoms with Crippen LogP contribution in [-0.2, 0) is 0 Å². The van der Waals surface area contributed by atoms with Crippen LogP contribution in [0.1, 0.15) is 10.6 Å². The number of carbonyl (C=O) groups is 1. The van der Waals surface area contributed by atoms with Gasteiger partial charge in [-0.15, -0.1) is 0 Å². The largest absolute Gasteiger partial charge is 0.490 e. The van der Waals surface area contributed by atoms with Gasteiger partial charge in [0.2, 0.25) is 0 Å². The lowest BCUT2D eigenvalue weighted by molar-refractivity contribution is -0.384. The lowest BCUT2D eigenvalue weighted by atomic mass is 10.2. The molecular weight excluding hydrogens is 344 g/mol. The van der Waals surface area contributed by atoms with Crippen LogP contribution >= 0.6 is 15.9 Å². The van der Waals surface area contributed by atoms with Crippen molar-refractivity contribution in [3.63, 3.8) is 0 Å². The van der Waals surface area contributed by atoms with Crippen molar-refractivity contribution >= 4 is 33.2 Å². The summed E-state index contributed by atoms with van der Waals surface area (Å²) in [4.78, 5) is 24.2. The fourth-order valence-corrected chi connectivity index (χ4v) is 2.40. The van der Waals surface area contributed by atoms with E-state index < -0.39 is 4.92 Å². The fourth-order valence-electron chi connectivity index (χ4n) is 2.09. The Labute approximate surface area is 127 Å². The summed E-state index contributed by atoms with van der Waals surface area (Å²) in [5.74, 6) is 0.220. The predicted octanol–water partition coefficient (Wildman–Crippen LogP) is 2.99. The van der Waals surface area contributed by atoms with Gasteiger partial charge >= 0.3 is 0 Å². The maximum absolute atomic E-state index is 12.4. The van der Waals surface area contributed by atoms with Gasteiger partial charge in [-0.25, -0.2) is 0 Å². The molecule has 0 atom stereocenters. The second-order valence-electron chi connectivity index (χ2n) is 4.32. The maximum atomic E-state index is 12.4. The summed E-state index contributed by atoms with van der Waals surface area (Å²) in [5.41, 5.74) is 0.269. The third-order valence-electron chi connectivity index (χ3n) is 3.05. The van der Waals surface area contributed by atoms with Crippen LogP contribution in [0, 0.1) is 10.1 Å². The molecular formula is C13H9BrN2O5. The number of rotatable bonds is 2. The first-order valence-corrected chi connectivity index (χ1v) is 6.84. The highest BCUT2D eigenvalue weighted by Gasteiger charge is 2.28. The van der Waals surface area contributed by atoms with E-state index in [0.29, 0.717) is 29.3 Å². The minimum atomic E-state index is -0.513. The van der Waals surface area contributed by atoms with Crippen molar-refractivity contribution in [2.24, 2.45) is 0 Å². The predicted molar refractivity (Wildman–Crippen MR) is 76.7 cm³/mol. The summed E-state index contributed by atoms with van der Waals surface area (Å²) < 4.78 is 11.1. The molecule has 108 valence electrons. The van der Waals surface area contributed by atoms with Crippen molar-refractivity contribution in [2.45, 2.75) is 0 Å². The van der Waals surface area contributed by atoms with E-state index in [1.54, 1.807) is 12.1 Å². The van der Waals surface area contributed by atoms with Crippen molar-refractivity contribution in [2.75, 3.05) is 18.1 Å². The van der Waals surface area contributed by atoms with Crippen molar-refractivity contribution in [3.8, 4) is 5.75 Å². The summed E-state index contributed by atoms with van der Waals surface area (Å²) in [6.45, 7) is 0.615. The van der Waals surface area contributed by atoms with Crippen molar-refractivity contribution < 1.29 is 18.9 Å². The van der Waals surface area contributed by atoms with Gasteiger partial charge in [0, 0.05) is 12.1 Å². The molecule has 3 rings (SSSR count). The number of carbonyl (C=O) groups excluding carboxylic acids is 1. The van der Waals surface area contributed by atoms with Gasteiger partial charge in [0.1, 0.15) is 12.4 Å². The number of ether oxygens (including phenoxy) is 1. The molecule has 2 heterocycles. The average Bonchev–Trinajstić information content (AvgIpc) is 2.92. The summed E-state index contributed by atoms with van der Waals surface area (Å²) in [7, 11) is 0. The molecule has 1 aromatic heterocycles. The standard InChI is InChI=1S/C13H9BrN2O5/c14-12-4-3-11(21-12)13(17)15-5-6-20-10-2-1-8(16(18)19)7-9(10)15/h1-4,7H,5-6H2. The van der Waals surface area contributed by atoms with Gasteiger partial charge in [0.05, 0.1) is 17.2 Å². The molecule has 0 radical (unpaired) electrons. The number of hydrogen-bond donors (Lipinski definition) is 0. The summed E-state index contributed by atoms with van der Waals surface area (Å²) in [5, 5.41) is 10.9. The first-order valence-electron chi connectivity index (χ1n) is 6.05. The highest BCUT2D eigenvalue weighted by molar-refractivity contribution is 9.10. The Bertz CT molecular complexity index is 727. The van der Waals surface area contributed by atoms with Crippen molar-refractivity contribution in [1.82, 2.24) is 0 Å². The van der Waals surface area contributed by atoms with Crippen LogP contribution < -0.4 is 9.64 Å². The number of furan rings is 1. The number of fused-ring (bicyclic) bond motifs is 1. The maximum Gasteiger partial charge on any atom is 0.294 e. The quantitative estimate of drug-likeness (QED) is 0.612. The SMILES string of the molecule is O=C(c1ccc(Br)o1)N1CCOc2ccc([N+](=O)[O-])cc21. The second kappa shape index (κ2) is 5.21. The zero-order valence-corrected chi connectivity index (χ0v) is 12.2. The molecule has 21 heavy (non-hydrogen) atoms. The third kappa shape index (κ3) is 2.49. The lowest BCUT2D eigenvalue weighted by Gasteiger charge is -2.28. The topological polar surface area (TPSA) is 85.8 Å². The Morgan fingerprint density at radius 3 is 2.81 bits per heavy atom. The van der Waals surface area contributed by atoms with Crippen LogP contribution in [0.25, 0.3) is 0 Å². The molecule has 1 aromatic carbocycles. The minimum absolute atomic E-state index is 0.0994. The van der Waals surface area contributed by atoms with Crippen LogP contribution in [0.4, 0.5) is 11.4 Å². The van der Waals surface area contributed by atoms with Gasteiger partial charge in [0.25, 0.3) is 11.6 Å². The number of amides is 1. The average molecular weight is 353 g/mol. The van der Waals surface area contributed by atoms with Crippen LogP contribution in [0.3, 0.4) is 0 Å². The molecule has 2 aromatic rings. The fraction of sp³-hybridized carbons (Fsp3) is 0.154. The summed E-state index contributed by atoms with van der Waals surface area (Å²) in [6.07, 6.45) is 0. The van der Waals surface area contributed by atoms with E-state index in [1.165, 1.54) is 23.1 Å². The van der Waals surface area contributed by atoms with Gasteiger partial charge in [-0.2, -0.15) is 0 Å². The normalized spacial score (nSPS) is 13.5. The number of hydrogen-bond acceptors (Lipinski definition) is 5. The number of nitro groups is 1. The zero-order chi connectivity index (χ0) is 15.0. The monoisotopic (exact) mass is 352 g/mol. The van der Waals surface area contributed by atoms with E-state index in [1.807, 2.05) is 0 Å². The zero-order valence-electron chi connectivity index (χ0n) is 10.6. The molecule has 1 aliphatic rings. The van der Waals surface area contributed by atoms with Gasteiger partial charge in [-0.1, -0.05) is 0 Å². The lowest BCUT2D eigenvalue weighted by Crippen LogP contribution is -2.37.